The van der Waals surface area contributed by atoms with Gasteiger partial charge >= 0.3 is 0 Å². The van der Waals surface area contributed by atoms with Gasteiger partial charge in [0.25, 0.3) is 13.4 Å². The van der Waals surface area contributed by atoms with Gasteiger partial charge in [0.1, 0.15) is 11.3 Å². The van der Waals surface area contributed by atoms with Gasteiger partial charge < -0.3 is 28.4 Å². The molecule has 0 saturated heterocycles. The van der Waals surface area contributed by atoms with Crippen LogP contribution in [-0.2, 0) is 17.3 Å². The van der Waals surface area contributed by atoms with Crippen LogP contribution >= 0.6 is 0 Å². The minimum Gasteiger partial charge on any atom is -0.472 e. The van der Waals surface area contributed by atoms with E-state index in [9.17, 15) is 0 Å². The maximum Gasteiger partial charge on any atom is 0.297 e. The number of benzene rings is 9. The molecule has 0 saturated carbocycles. The van der Waals surface area contributed by atoms with Crippen molar-refractivity contribution >= 4 is 132 Å². The lowest BCUT2D eigenvalue weighted by molar-refractivity contribution is 0.439. The molecule has 1 atom stereocenters. The summed E-state index contributed by atoms with van der Waals surface area (Å²) >= 11 is 0. The van der Waals surface area contributed by atoms with Gasteiger partial charge in [-0.2, -0.15) is 0 Å². The van der Waals surface area contributed by atoms with Crippen molar-refractivity contribution in [2.45, 2.75) is 124 Å². The Labute approximate surface area is 526 Å². The molecule has 438 valence electrons. The maximum absolute atomic E-state index is 7.20. The van der Waals surface area contributed by atoms with Gasteiger partial charge in [0.15, 0.2) is 0 Å². The molecule has 6 nitrogen and oxygen atoms in total. The fourth-order valence-electron chi connectivity index (χ4n) is 15.4. The third kappa shape index (κ3) is 8.74. The molecule has 0 radical (unpaired) electrons. The molecule has 1 aliphatic carbocycles. The van der Waals surface area contributed by atoms with E-state index in [2.05, 4.69) is 301 Å². The van der Waals surface area contributed by atoms with Crippen LogP contribution in [0, 0.1) is 0 Å². The Morgan fingerprint density at radius 1 is 0.449 bits per heavy atom. The molecular formula is C81H76B2N4O2. The van der Waals surface area contributed by atoms with Crippen LogP contribution in [0.3, 0.4) is 0 Å². The molecule has 0 N–H and O–H groups in total. The van der Waals surface area contributed by atoms with Crippen molar-refractivity contribution in [2.24, 2.45) is 0 Å². The zero-order chi connectivity index (χ0) is 60.8. The van der Waals surface area contributed by atoms with Crippen LogP contribution in [0.2, 0.25) is 0 Å². The third-order valence-electron chi connectivity index (χ3n) is 20.5. The molecule has 2 aromatic heterocycles. The number of hydrogen-bond acceptors (Lipinski definition) is 6. The average Bonchev–Trinajstić information content (AvgIpc) is 1.70. The molecule has 0 fully saturated rings. The number of anilines is 12. The van der Waals surface area contributed by atoms with Crippen LogP contribution in [0.15, 0.2) is 215 Å². The summed E-state index contributed by atoms with van der Waals surface area (Å²) < 4.78 is 14.4. The fourth-order valence-corrected chi connectivity index (χ4v) is 15.4. The number of fused-ring (bicyclic) bond motifs is 12. The van der Waals surface area contributed by atoms with Crippen LogP contribution in [-0.4, -0.2) is 13.4 Å². The summed E-state index contributed by atoms with van der Waals surface area (Å²) in [6.07, 6.45) is 8.60. The quantitative estimate of drug-likeness (QED) is 0.120. The number of para-hydroxylation sites is 2. The highest BCUT2D eigenvalue weighted by molar-refractivity contribution is 7.00. The Morgan fingerprint density at radius 2 is 0.966 bits per heavy atom. The van der Waals surface area contributed by atoms with Gasteiger partial charge in [-0.05, 0) is 195 Å². The van der Waals surface area contributed by atoms with E-state index in [0.29, 0.717) is 17.8 Å². The zero-order valence-electron chi connectivity index (χ0n) is 53.0. The number of aryl methyl sites for hydroxylation is 1. The Hall–Kier alpha value is -9.13. The minimum absolute atomic E-state index is 0.0361. The van der Waals surface area contributed by atoms with E-state index in [-0.39, 0.29) is 24.3 Å². The van der Waals surface area contributed by atoms with E-state index in [1.807, 2.05) is 0 Å². The zero-order valence-corrected chi connectivity index (χ0v) is 53.0. The first kappa shape index (κ1) is 55.2. The van der Waals surface area contributed by atoms with Gasteiger partial charge in [-0.1, -0.05) is 185 Å². The van der Waals surface area contributed by atoms with E-state index in [1.54, 1.807) is 0 Å². The molecule has 0 spiro atoms. The number of rotatable bonds is 11. The molecule has 0 amide bonds. The summed E-state index contributed by atoms with van der Waals surface area (Å²) in [4.78, 5) is 9.97. The largest absolute Gasteiger partial charge is 0.472 e. The summed E-state index contributed by atoms with van der Waals surface area (Å²) in [7, 11) is 0. The predicted octanol–water partition coefficient (Wildman–Crippen LogP) is 18.6. The lowest BCUT2D eigenvalue weighted by Crippen LogP contribution is -2.61. The van der Waals surface area contributed by atoms with Crippen molar-refractivity contribution in [3.05, 3.63) is 245 Å². The van der Waals surface area contributed by atoms with Crippen molar-refractivity contribution < 1.29 is 8.83 Å². The second-order valence-electron chi connectivity index (χ2n) is 28.1. The van der Waals surface area contributed by atoms with Crippen molar-refractivity contribution in [2.75, 3.05) is 19.6 Å². The number of allylic oxidation sites excluding steroid dienone is 1. The first-order valence-corrected chi connectivity index (χ1v) is 32.5. The lowest BCUT2D eigenvalue weighted by Gasteiger charge is -2.42. The van der Waals surface area contributed by atoms with Crippen molar-refractivity contribution in [1.82, 2.24) is 0 Å². The van der Waals surface area contributed by atoms with Gasteiger partial charge in [-0.3, -0.25) is 0 Å². The molecule has 16 rings (SSSR count). The molecule has 11 aromatic rings. The van der Waals surface area contributed by atoms with E-state index < -0.39 is 0 Å². The molecule has 8 heteroatoms. The van der Waals surface area contributed by atoms with Crippen LogP contribution in [0.1, 0.15) is 145 Å². The van der Waals surface area contributed by atoms with Crippen LogP contribution in [0.5, 0.6) is 0 Å². The van der Waals surface area contributed by atoms with Gasteiger partial charge in [0.05, 0.1) is 22.7 Å². The molecule has 1 unspecified atom stereocenters. The predicted molar refractivity (Wildman–Crippen MR) is 378 cm³/mol. The Bertz CT molecular complexity index is 4620. The Kier molecular flexibility index (Phi) is 12.9. The first-order chi connectivity index (χ1) is 43.1. The van der Waals surface area contributed by atoms with Crippen LogP contribution < -0.4 is 52.8 Å². The minimum atomic E-state index is -0.0814. The molecule has 0 bridgehead atoms. The second-order valence-corrected chi connectivity index (χ2v) is 28.1. The van der Waals surface area contributed by atoms with Gasteiger partial charge in [0.2, 0.25) is 0 Å². The summed E-state index contributed by atoms with van der Waals surface area (Å²) in [5, 5.41) is 1.14. The number of hydrogen-bond donors (Lipinski definition) is 0. The van der Waals surface area contributed by atoms with Gasteiger partial charge in [0, 0.05) is 74.2 Å². The van der Waals surface area contributed by atoms with E-state index in [0.717, 1.165) is 76.5 Å². The van der Waals surface area contributed by atoms with Crippen LogP contribution in [0.25, 0.3) is 17.0 Å². The van der Waals surface area contributed by atoms with Gasteiger partial charge in [-0.15, -0.1) is 0 Å². The maximum atomic E-state index is 7.20. The average molecular weight is 1160 g/mol. The highest BCUT2D eigenvalue weighted by atomic mass is 16.3. The summed E-state index contributed by atoms with van der Waals surface area (Å²) in [6.45, 7) is 23.2. The normalized spacial score (nSPS) is 14.8. The van der Waals surface area contributed by atoms with Crippen molar-refractivity contribution in [3.8, 4) is 0 Å². The molecule has 4 aliphatic heterocycles. The molecule has 89 heavy (non-hydrogen) atoms. The molecule has 9 aromatic carbocycles. The molecule has 5 aliphatic rings. The molecular weight excluding hydrogens is 1080 g/mol. The third-order valence-corrected chi connectivity index (χ3v) is 20.5. The van der Waals surface area contributed by atoms with Crippen molar-refractivity contribution in [1.29, 1.82) is 0 Å². The standard InChI is InChI=1S/C81H76B2N4O2/c1-50(2)53-30-38-60(39-31-53)86-69-27-19-26-68-75(69)83(78-76(86)62-22-14-17-29-72(62)88-78)65-44-34-55(51(3)4)48-71(65)85(68)59-40-32-54(33-41-59)52(5)46-47-81(9,10)56-35-42-61(43-36-56)87-70-28-18-25-67-74(70)82(64-23-15-16-24-66(64)84(67)58-20-12-11-13-21-58)79-77(87)63-49-57(80(6,7)8)37-45-73(63)89-79/h11-16,18-28,30-45,48-52H,17,29,46-47H2,1-10H3. The number of nitrogens with zero attached hydrogens (tertiary/aromatic N) is 4. The number of furan rings is 2. The summed E-state index contributed by atoms with van der Waals surface area (Å²) in [5.41, 5.74) is 29.9. The second kappa shape index (κ2) is 20.7. The Morgan fingerprint density at radius 3 is 1.62 bits per heavy atom. The molecule has 6 heterocycles. The summed E-state index contributed by atoms with van der Waals surface area (Å²) in [5.74, 6) is 2.26. The smallest absolute Gasteiger partial charge is 0.297 e. The van der Waals surface area contributed by atoms with Crippen LogP contribution in [0.4, 0.5) is 68.2 Å². The Balaban J connectivity index is 0.715. The van der Waals surface area contributed by atoms with E-state index in [1.165, 1.54) is 101 Å². The fraction of sp³-hybridized carbons (Fsp3) is 0.235. The highest BCUT2D eigenvalue weighted by Crippen LogP contribution is 2.50. The van der Waals surface area contributed by atoms with E-state index in [4.69, 9.17) is 8.83 Å². The van der Waals surface area contributed by atoms with Crippen molar-refractivity contribution in [3.63, 3.8) is 0 Å². The monoisotopic (exact) mass is 1160 g/mol. The first-order valence-electron chi connectivity index (χ1n) is 32.5. The summed E-state index contributed by atoms with van der Waals surface area (Å²) in [6, 6.07) is 75.8. The topological polar surface area (TPSA) is 39.2 Å². The highest BCUT2D eigenvalue weighted by Gasteiger charge is 2.49. The SMILES string of the molecule is CC(C)c1ccc(N2c3cccc4c3B(c3ccc(C(C)C)cc3N4c3ccc(C(C)CCC(C)(C)c4ccc(N5c6cccc7c6B(c6ccccc6N7c6ccccc6)c6oc7ccc(C(C)(C)C)cc7c65)cc4)cc3)c3oc4c(c32)C=CCC4)cc1. The lowest BCUT2D eigenvalue weighted by atomic mass is 9.35. The van der Waals surface area contributed by atoms with E-state index >= 15 is 0 Å². The van der Waals surface area contributed by atoms with Gasteiger partial charge in [-0.25, -0.2) is 0 Å².